The number of carbonyl (C=O) groups excluding carboxylic acids is 3. The zero-order valence-corrected chi connectivity index (χ0v) is 19.6. The summed E-state index contributed by atoms with van der Waals surface area (Å²) in [4.78, 5) is 38.6. The lowest BCUT2D eigenvalue weighted by Crippen LogP contribution is -2.51. The molecule has 31 heavy (non-hydrogen) atoms. The van der Waals surface area contributed by atoms with Crippen LogP contribution in [0.1, 0.15) is 41.5 Å². The SMILES string of the molecule is CC1CN(S(=O)(=O)CCNC(=O)C(C)N2C(=O)c3cc(Cl)c(Cl)cc3C2=O)CC(C)O1. The first-order valence-electron chi connectivity index (χ1n) is 9.70. The van der Waals surface area contributed by atoms with Gasteiger partial charge >= 0.3 is 0 Å². The predicted octanol–water partition coefficient (Wildman–Crippen LogP) is 1.53. The first-order chi connectivity index (χ1) is 14.4. The summed E-state index contributed by atoms with van der Waals surface area (Å²) >= 11 is 11.9. The molecule has 1 saturated heterocycles. The Balaban J connectivity index is 1.61. The van der Waals surface area contributed by atoms with Crippen LogP contribution in [0.25, 0.3) is 0 Å². The highest BCUT2D eigenvalue weighted by Crippen LogP contribution is 2.32. The van der Waals surface area contributed by atoms with E-state index in [-0.39, 0.29) is 58.8 Å². The maximum absolute atomic E-state index is 12.6. The van der Waals surface area contributed by atoms with Crippen molar-refractivity contribution >= 4 is 50.9 Å². The fourth-order valence-corrected chi connectivity index (χ4v) is 5.48. The van der Waals surface area contributed by atoms with Crippen molar-refractivity contribution in [1.29, 1.82) is 0 Å². The number of morpholine rings is 1. The number of imide groups is 1. The molecule has 3 amide bonds. The molecular formula is C19H23Cl2N3O6S. The number of benzene rings is 1. The first kappa shape index (κ1) is 23.9. The maximum atomic E-state index is 12.6. The summed E-state index contributed by atoms with van der Waals surface area (Å²) in [5.74, 6) is -2.28. The number of sulfonamides is 1. The van der Waals surface area contributed by atoms with E-state index in [0.29, 0.717) is 0 Å². The average Bonchev–Trinajstić information content (AvgIpc) is 2.90. The van der Waals surface area contributed by atoms with Crippen molar-refractivity contribution < 1.29 is 27.5 Å². The number of nitrogens with one attached hydrogen (secondary N) is 1. The molecule has 3 rings (SSSR count). The molecule has 1 aromatic carbocycles. The summed E-state index contributed by atoms with van der Waals surface area (Å²) in [6.07, 6.45) is -0.437. The second-order valence-corrected chi connectivity index (χ2v) is 10.6. The third-order valence-electron chi connectivity index (χ3n) is 5.16. The molecule has 2 aliphatic heterocycles. The van der Waals surface area contributed by atoms with Crippen LogP contribution in [0.2, 0.25) is 10.0 Å². The molecule has 0 aliphatic carbocycles. The lowest BCUT2D eigenvalue weighted by molar-refractivity contribution is -0.124. The lowest BCUT2D eigenvalue weighted by Gasteiger charge is -2.34. The Bertz CT molecular complexity index is 981. The topological polar surface area (TPSA) is 113 Å². The molecule has 3 atom stereocenters. The minimum Gasteiger partial charge on any atom is -0.373 e. The molecule has 0 aromatic heterocycles. The molecule has 12 heteroatoms. The van der Waals surface area contributed by atoms with Gasteiger partial charge in [-0.25, -0.2) is 8.42 Å². The molecule has 0 saturated carbocycles. The van der Waals surface area contributed by atoms with Crippen molar-refractivity contribution in [1.82, 2.24) is 14.5 Å². The van der Waals surface area contributed by atoms with Gasteiger partial charge in [-0.3, -0.25) is 19.3 Å². The van der Waals surface area contributed by atoms with Crippen molar-refractivity contribution in [2.24, 2.45) is 0 Å². The molecule has 1 fully saturated rings. The van der Waals surface area contributed by atoms with Crippen LogP contribution < -0.4 is 5.32 Å². The Kier molecular flexibility index (Phi) is 6.97. The van der Waals surface area contributed by atoms with E-state index in [0.717, 1.165) is 4.90 Å². The van der Waals surface area contributed by atoms with E-state index in [2.05, 4.69) is 5.32 Å². The minimum absolute atomic E-state index is 0.0668. The summed E-state index contributed by atoms with van der Waals surface area (Å²) in [7, 11) is -3.60. The summed E-state index contributed by atoms with van der Waals surface area (Å²) in [5.41, 5.74) is 0.134. The van der Waals surface area contributed by atoms with Gasteiger partial charge in [0.05, 0.1) is 39.1 Å². The van der Waals surface area contributed by atoms with Crippen molar-refractivity contribution in [2.75, 3.05) is 25.4 Å². The third kappa shape index (κ3) is 4.88. The van der Waals surface area contributed by atoms with Crippen molar-refractivity contribution in [3.8, 4) is 0 Å². The summed E-state index contributed by atoms with van der Waals surface area (Å²) < 4.78 is 32.0. The number of halogens is 2. The van der Waals surface area contributed by atoms with Crippen LogP contribution in [-0.4, -0.2) is 79.0 Å². The molecule has 0 bridgehead atoms. The monoisotopic (exact) mass is 491 g/mol. The molecule has 1 aromatic rings. The number of fused-ring (bicyclic) bond motifs is 1. The van der Waals surface area contributed by atoms with E-state index in [1.54, 1.807) is 13.8 Å². The fraction of sp³-hybridized carbons (Fsp3) is 0.526. The molecule has 9 nitrogen and oxygen atoms in total. The number of hydrogen-bond acceptors (Lipinski definition) is 6. The van der Waals surface area contributed by atoms with Crippen LogP contribution in [0.3, 0.4) is 0 Å². The number of ether oxygens (including phenoxy) is 1. The highest BCUT2D eigenvalue weighted by Gasteiger charge is 2.41. The zero-order valence-electron chi connectivity index (χ0n) is 17.2. The van der Waals surface area contributed by atoms with Gasteiger partial charge in [0.25, 0.3) is 11.8 Å². The zero-order chi connectivity index (χ0) is 23.1. The molecule has 170 valence electrons. The van der Waals surface area contributed by atoms with Gasteiger partial charge in [-0.05, 0) is 32.9 Å². The average molecular weight is 492 g/mol. The van der Waals surface area contributed by atoms with Gasteiger partial charge in [0.1, 0.15) is 6.04 Å². The standard InChI is InChI=1S/C19H23Cl2N3O6S/c1-10-8-23(9-11(2)30-10)31(28,29)5-4-22-17(25)12(3)24-18(26)13-6-15(20)16(21)7-14(13)19(24)27/h6-7,10-12H,4-5,8-9H2,1-3H3,(H,22,25). The Hall–Kier alpha value is -1.72. The van der Waals surface area contributed by atoms with E-state index in [4.69, 9.17) is 27.9 Å². The van der Waals surface area contributed by atoms with Crippen molar-refractivity contribution in [3.05, 3.63) is 33.3 Å². The highest BCUT2D eigenvalue weighted by atomic mass is 35.5. The van der Waals surface area contributed by atoms with Crippen molar-refractivity contribution in [3.63, 3.8) is 0 Å². The van der Waals surface area contributed by atoms with Gasteiger partial charge in [-0.1, -0.05) is 23.2 Å². The van der Waals surface area contributed by atoms with Gasteiger partial charge in [-0.15, -0.1) is 0 Å². The van der Waals surface area contributed by atoms with Gasteiger partial charge in [0, 0.05) is 19.6 Å². The molecule has 3 unspecified atom stereocenters. The summed E-state index contributed by atoms with van der Waals surface area (Å²) in [6.45, 7) is 5.31. The second-order valence-electron chi connectivity index (χ2n) is 7.65. The smallest absolute Gasteiger partial charge is 0.262 e. The lowest BCUT2D eigenvalue weighted by atomic mass is 10.1. The van der Waals surface area contributed by atoms with E-state index >= 15 is 0 Å². The van der Waals surface area contributed by atoms with Crippen LogP contribution in [0.4, 0.5) is 0 Å². The number of amides is 3. The van der Waals surface area contributed by atoms with Crippen LogP contribution in [-0.2, 0) is 19.6 Å². The van der Waals surface area contributed by atoms with E-state index in [9.17, 15) is 22.8 Å². The minimum atomic E-state index is -3.60. The second kappa shape index (κ2) is 9.03. The first-order valence-corrected chi connectivity index (χ1v) is 12.1. The quantitative estimate of drug-likeness (QED) is 0.603. The van der Waals surface area contributed by atoms with Gasteiger partial charge < -0.3 is 10.1 Å². The third-order valence-corrected chi connectivity index (χ3v) is 7.69. The Labute approximate surface area is 190 Å². The summed E-state index contributed by atoms with van der Waals surface area (Å²) in [6, 6.07) is 1.44. The van der Waals surface area contributed by atoms with Gasteiger partial charge in [-0.2, -0.15) is 4.31 Å². The largest absolute Gasteiger partial charge is 0.373 e. The number of nitrogens with zero attached hydrogens (tertiary/aromatic N) is 2. The summed E-state index contributed by atoms with van der Waals surface area (Å²) in [5, 5.41) is 2.74. The van der Waals surface area contributed by atoms with Crippen LogP contribution in [0.5, 0.6) is 0 Å². The van der Waals surface area contributed by atoms with Crippen LogP contribution in [0, 0.1) is 0 Å². The molecule has 0 spiro atoms. The van der Waals surface area contributed by atoms with E-state index < -0.39 is 33.8 Å². The highest BCUT2D eigenvalue weighted by molar-refractivity contribution is 7.89. The van der Waals surface area contributed by atoms with Gasteiger partial charge in [0.15, 0.2) is 0 Å². The maximum Gasteiger partial charge on any atom is 0.262 e. The van der Waals surface area contributed by atoms with Crippen LogP contribution >= 0.6 is 23.2 Å². The van der Waals surface area contributed by atoms with Crippen LogP contribution in [0.15, 0.2) is 12.1 Å². The normalized spacial score (nSPS) is 23.1. The van der Waals surface area contributed by atoms with E-state index in [1.807, 2.05) is 0 Å². The molecule has 0 radical (unpaired) electrons. The van der Waals surface area contributed by atoms with Crippen molar-refractivity contribution in [2.45, 2.75) is 39.0 Å². The number of carbonyl (C=O) groups is 3. The molecule has 2 heterocycles. The van der Waals surface area contributed by atoms with E-state index in [1.165, 1.54) is 23.4 Å². The Morgan fingerprint density at radius 3 is 2.10 bits per heavy atom. The fourth-order valence-electron chi connectivity index (χ4n) is 3.66. The molecule has 1 N–H and O–H groups in total. The van der Waals surface area contributed by atoms with Gasteiger partial charge in [0.2, 0.25) is 15.9 Å². The predicted molar refractivity (Wildman–Crippen MR) is 115 cm³/mol. The Morgan fingerprint density at radius 2 is 1.61 bits per heavy atom. The number of hydrogen-bond donors (Lipinski definition) is 1. The Morgan fingerprint density at radius 1 is 1.13 bits per heavy atom. The number of rotatable bonds is 6. The molecule has 2 aliphatic rings. The molecular weight excluding hydrogens is 469 g/mol.